The Morgan fingerprint density at radius 3 is 2.88 bits per heavy atom. The maximum atomic E-state index is 11.2. The molecule has 0 bridgehead atoms. The highest BCUT2D eigenvalue weighted by Crippen LogP contribution is 2.18. The highest BCUT2D eigenvalue weighted by molar-refractivity contribution is 9.10. The first kappa shape index (κ1) is 12.7. The molecule has 0 radical (unpaired) electrons. The molecule has 7 heteroatoms. The second-order valence-corrected chi connectivity index (χ2v) is 4.79. The van der Waals surface area contributed by atoms with Crippen LogP contribution in [-0.2, 0) is 4.79 Å². The van der Waals surface area contributed by atoms with Gasteiger partial charge in [-0.3, -0.25) is 9.59 Å². The SMILES string of the molecule is CC(C)(CNc1nc[nH]c(=O)c1Br)C(N)=O. The van der Waals surface area contributed by atoms with Crippen LogP contribution in [0.15, 0.2) is 15.6 Å². The molecule has 1 aromatic rings. The molecule has 0 aliphatic heterocycles. The smallest absolute Gasteiger partial charge is 0.267 e. The van der Waals surface area contributed by atoms with Crippen LogP contribution < -0.4 is 16.6 Å². The molecule has 0 aliphatic carbocycles. The third kappa shape index (κ3) is 2.82. The van der Waals surface area contributed by atoms with Gasteiger partial charge in [0.1, 0.15) is 10.3 Å². The molecular formula is C9H13BrN4O2. The van der Waals surface area contributed by atoms with Gasteiger partial charge in [-0.1, -0.05) is 0 Å². The van der Waals surface area contributed by atoms with Crippen LogP contribution in [-0.4, -0.2) is 22.4 Å². The van der Waals surface area contributed by atoms with Crippen molar-refractivity contribution in [2.75, 3.05) is 11.9 Å². The molecule has 0 saturated heterocycles. The Morgan fingerprint density at radius 1 is 1.69 bits per heavy atom. The summed E-state index contributed by atoms with van der Waals surface area (Å²) in [7, 11) is 0. The Kier molecular flexibility index (Phi) is 3.69. The summed E-state index contributed by atoms with van der Waals surface area (Å²) >= 11 is 3.10. The van der Waals surface area contributed by atoms with Gasteiger partial charge >= 0.3 is 0 Å². The van der Waals surface area contributed by atoms with Crippen molar-refractivity contribution in [3.8, 4) is 0 Å². The van der Waals surface area contributed by atoms with Crippen LogP contribution >= 0.6 is 15.9 Å². The van der Waals surface area contributed by atoms with Crippen LogP contribution in [0.3, 0.4) is 0 Å². The molecule has 4 N–H and O–H groups in total. The number of amides is 1. The van der Waals surface area contributed by atoms with Crippen LogP contribution in [0, 0.1) is 5.41 Å². The van der Waals surface area contributed by atoms with Crippen molar-refractivity contribution >= 4 is 27.7 Å². The molecule has 16 heavy (non-hydrogen) atoms. The van der Waals surface area contributed by atoms with Crippen LogP contribution in [0.4, 0.5) is 5.82 Å². The summed E-state index contributed by atoms with van der Waals surface area (Å²) in [6.45, 7) is 3.73. The Labute approximate surface area is 101 Å². The fourth-order valence-electron chi connectivity index (χ4n) is 0.898. The summed E-state index contributed by atoms with van der Waals surface area (Å²) in [4.78, 5) is 28.7. The first-order valence-corrected chi connectivity index (χ1v) is 5.41. The topological polar surface area (TPSA) is 101 Å². The maximum Gasteiger partial charge on any atom is 0.267 e. The van der Waals surface area contributed by atoms with Crippen molar-refractivity contribution in [3.63, 3.8) is 0 Å². The number of primary amides is 1. The minimum absolute atomic E-state index is 0.283. The summed E-state index contributed by atoms with van der Waals surface area (Å²) < 4.78 is 0.301. The minimum atomic E-state index is -0.705. The van der Waals surface area contributed by atoms with Gasteiger partial charge in [0.15, 0.2) is 0 Å². The van der Waals surface area contributed by atoms with E-state index in [4.69, 9.17) is 5.73 Å². The molecule has 1 heterocycles. The zero-order valence-corrected chi connectivity index (χ0v) is 10.6. The number of hydrogen-bond acceptors (Lipinski definition) is 4. The molecule has 0 aromatic carbocycles. The van der Waals surface area contributed by atoms with Crippen molar-refractivity contribution in [1.29, 1.82) is 0 Å². The molecule has 0 spiro atoms. The number of anilines is 1. The van der Waals surface area contributed by atoms with Crippen molar-refractivity contribution in [2.45, 2.75) is 13.8 Å². The number of hydrogen-bond donors (Lipinski definition) is 3. The fraction of sp³-hybridized carbons (Fsp3) is 0.444. The molecular weight excluding hydrogens is 276 g/mol. The van der Waals surface area contributed by atoms with Gasteiger partial charge in [-0.15, -0.1) is 0 Å². The van der Waals surface area contributed by atoms with E-state index in [9.17, 15) is 9.59 Å². The second-order valence-electron chi connectivity index (χ2n) is 4.00. The van der Waals surface area contributed by atoms with E-state index < -0.39 is 11.3 Å². The van der Waals surface area contributed by atoms with Gasteiger partial charge < -0.3 is 16.0 Å². The van der Waals surface area contributed by atoms with Gasteiger partial charge in [0.25, 0.3) is 5.56 Å². The molecule has 0 fully saturated rings. The van der Waals surface area contributed by atoms with E-state index in [0.29, 0.717) is 16.8 Å². The number of aromatic nitrogens is 2. The van der Waals surface area contributed by atoms with E-state index in [1.165, 1.54) is 6.33 Å². The molecule has 0 aliphatic rings. The number of aromatic amines is 1. The fourth-order valence-corrected chi connectivity index (χ4v) is 1.26. The lowest BCUT2D eigenvalue weighted by Gasteiger charge is -2.21. The largest absolute Gasteiger partial charge is 0.369 e. The number of carbonyl (C=O) groups is 1. The van der Waals surface area contributed by atoms with Gasteiger partial charge in [-0.05, 0) is 29.8 Å². The lowest BCUT2D eigenvalue weighted by Crippen LogP contribution is -2.37. The summed E-state index contributed by atoms with van der Waals surface area (Å²) in [5.41, 5.74) is 4.24. The summed E-state index contributed by atoms with van der Waals surface area (Å²) in [5, 5.41) is 2.90. The van der Waals surface area contributed by atoms with Gasteiger partial charge in [0.2, 0.25) is 5.91 Å². The standard InChI is InChI=1S/C9H13BrN4O2/c1-9(2,8(11)16)3-12-6-5(10)7(15)14-4-13-6/h4H,3H2,1-2H3,(H2,11,16)(H2,12,13,14,15). The molecule has 0 atom stereocenters. The number of rotatable bonds is 4. The van der Waals surface area contributed by atoms with Crippen molar-refractivity contribution < 1.29 is 4.79 Å². The number of carbonyl (C=O) groups excluding carboxylic acids is 1. The molecule has 1 rings (SSSR count). The molecule has 88 valence electrons. The minimum Gasteiger partial charge on any atom is -0.369 e. The van der Waals surface area contributed by atoms with Crippen LogP contribution in [0.2, 0.25) is 0 Å². The normalized spacial score (nSPS) is 11.2. The monoisotopic (exact) mass is 288 g/mol. The van der Waals surface area contributed by atoms with Gasteiger partial charge in [0, 0.05) is 6.54 Å². The van der Waals surface area contributed by atoms with Gasteiger partial charge in [-0.2, -0.15) is 0 Å². The van der Waals surface area contributed by atoms with Crippen LogP contribution in [0.25, 0.3) is 0 Å². The molecule has 1 aromatic heterocycles. The van der Waals surface area contributed by atoms with E-state index >= 15 is 0 Å². The van der Waals surface area contributed by atoms with E-state index in [0.717, 1.165) is 0 Å². The van der Waals surface area contributed by atoms with Crippen LogP contribution in [0.5, 0.6) is 0 Å². The number of nitrogens with two attached hydrogens (primary N) is 1. The highest BCUT2D eigenvalue weighted by Gasteiger charge is 2.25. The van der Waals surface area contributed by atoms with Gasteiger partial charge in [-0.25, -0.2) is 4.98 Å². The zero-order valence-electron chi connectivity index (χ0n) is 9.00. The van der Waals surface area contributed by atoms with E-state index in [1.54, 1.807) is 13.8 Å². The Bertz CT molecular complexity index is 455. The number of halogens is 1. The summed E-state index contributed by atoms with van der Waals surface area (Å²) in [6, 6.07) is 0. The average Bonchev–Trinajstić information content (AvgIpc) is 2.20. The lowest BCUT2D eigenvalue weighted by molar-refractivity contribution is -0.125. The van der Waals surface area contributed by atoms with E-state index in [2.05, 4.69) is 31.2 Å². The third-order valence-corrected chi connectivity index (χ3v) is 2.90. The van der Waals surface area contributed by atoms with Crippen molar-refractivity contribution in [2.24, 2.45) is 11.1 Å². The van der Waals surface area contributed by atoms with Crippen molar-refractivity contribution in [3.05, 3.63) is 21.2 Å². The third-order valence-electron chi connectivity index (χ3n) is 2.16. The van der Waals surface area contributed by atoms with Crippen molar-refractivity contribution in [1.82, 2.24) is 9.97 Å². The first-order chi connectivity index (χ1) is 7.34. The quantitative estimate of drug-likeness (QED) is 0.749. The number of H-pyrrole nitrogens is 1. The zero-order chi connectivity index (χ0) is 12.3. The molecule has 0 saturated carbocycles. The summed E-state index contributed by atoms with van der Waals surface area (Å²) in [5.74, 6) is -0.0287. The highest BCUT2D eigenvalue weighted by atomic mass is 79.9. The number of nitrogens with one attached hydrogen (secondary N) is 2. The Balaban J connectivity index is 2.80. The number of nitrogens with zero attached hydrogens (tertiary/aromatic N) is 1. The maximum absolute atomic E-state index is 11.2. The molecule has 0 unspecified atom stereocenters. The van der Waals surface area contributed by atoms with E-state index in [1.807, 2.05) is 0 Å². The predicted molar refractivity (Wildman–Crippen MR) is 64.0 cm³/mol. The second kappa shape index (κ2) is 4.65. The summed E-state index contributed by atoms with van der Waals surface area (Å²) in [6.07, 6.45) is 1.28. The van der Waals surface area contributed by atoms with Gasteiger partial charge in [0.05, 0.1) is 11.7 Å². The molecule has 6 nitrogen and oxygen atoms in total. The average molecular weight is 289 g/mol. The Morgan fingerprint density at radius 2 is 2.31 bits per heavy atom. The lowest BCUT2D eigenvalue weighted by atomic mass is 9.93. The Hall–Kier alpha value is -1.37. The van der Waals surface area contributed by atoms with Crippen LogP contribution in [0.1, 0.15) is 13.8 Å². The molecule has 1 amide bonds. The van der Waals surface area contributed by atoms with E-state index in [-0.39, 0.29) is 5.56 Å². The predicted octanol–water partition coefficient (Wildman–Crippen LogP) is 0.456. The first-order valence-electron chi connectivity index (χ1n) is 4.61.